The fourth-order valence-corrected chi connectivity index (χ4v) is 2.83. The lowest BCUT2D eigenvalue weighted by Crippen LogP contribution is -2.35. The van der Waals surface area contributed by atoms with Crippen LogP contribution in [0.2, 0.25) is 0 Å². The van der Waals surface area contributed by atoms with Crippen LogP contribution < -0.4 is 0 Å². The van der Waals surface area contributed by atoms with Crippen LogP contribution in [0.4, 0.5) is 0 Å². The summed E-state index contributed by atoms with van der Waals surface area (Å²) in [6.07, 6.45) is 1.76. The molecule has 3 heterocycles. The van der Waals surface area contributed by atoms with Crippen molar-refractivity contribution in [1.82, 2.24) is 14.3 Å². The Morgan fingerprint density at radius 3 is 2.90 bits per heavy atom. The zero-order valence-electron chi connectivity index (χ0n) is 10.8. The number of nitrogens with zero attached hydrogens (tertiary/aromatic N) is 3. The van der Waals surface area contributed by atoms with E-state index in [9.17, 15) is 4.79 Å². The minimum atomic E-state index is -1.04. The number of halogens is 1. The Hall–Kier alpha value is -1.44. The number of aromatic carboxylic acids is 1. The van der Waals surface area contributed by atoms with E-state index < -0.39 is 5.97 Å². The van der Waals surface area contributed by atoms with Gasteiger partial charge in [0.25, 0.3) is 0 Å². The molecule has 1 aliphatic heterocycles. The standard InChI is InChI=1S/C13H14BrN3O3/c14-11-10-7-9(8-16-3-5-20-6-4-16)1-2-17(10)12(15-11)13(18)19/h1-2,7H,3-6,8H2,(H,18,19). The summed E-state index contributed by atoms with van der Waals surface area (Å²) in [5, 5.41) is 9.10. The minimum absolute atomic E-state index is 0.0183. The Bertz CT molecular complexity index is 650. The Balaban J connectivity index is 1.90. The molecule has 0 bridgehead atoms. The molecule has 7 heteroatoms. The zero-order valence-corrected chi connectivity index (χ0v) is 12.3. The second-order valence-corrected chi connectivity index (χ2v) is 5.46. The van der Waals surface area contributed by atoms with Gasteiger partial charge in [0.2, 0.25) is 5.82 Å². The number of morpholine rings is 1. The van der Waals surface area contributed by atoms with E-state index in [0.717, 1.165) is 43.9 Å². The number of hydrogen-bond acceptors (Lipinski definition) is 4. The maximum Gasteiger partial charge on any atom is 0.372 e. The lowest BCUT2D eigenvalue weighted by molar-refractivity contribution is 0.0342. The molecule has 0 unspecified atom stereocenters. The Labute approximate surface area is 124 Å². The first-order chi connectivity index (χ1) is 9.65. The summed E-state index contributed by atoms with van der Waals surface area (Å²) in [6.45, 7) is 4.21. The van der Waals surface area contributed by atoms with Crippen LogP contribution in [0.25, 0.3) is 5.52 Å². The van der Waals surface area contributed by atoms with Crippen LogP contribution in [-0.2, 0) is 11.3 Å². The van der Waals surface area contributed by atoms with Crippen LogP contribution in [0.1, 0.15) is 16.2 Å². The monoisotopic (exact) mass is 339 g/mol. The van der Waals surface area contributed by atoms with E-state index in [0.29, 0.717) is 4.60 Å². The summed E-state index contributed by atoms with van der Waals surface area (Å²) in [5.74, 6) is -1.02. The van der Waals surface area contributed by atoms with Crippen molar-refractivity contribution in [2.24, 2.45) is 0 Å². The van der Waals surface area contributed by atoms with Gasteiger partial charge in [-0.1, -0.05) is 0 Å². The van der Waals surface area contributed by atoms with Crippen molar-refractivity contribution in [3.63, 3.8) is 0 Å². The van der Waals surface area contributed by atoms with Gasteiger partial charge in [0.15, 0.2) is 0 Å². The molecule has 0 aromatic carbocycles. The molecule has 0 saturated carbocycles. The van der Waals surface area contributed by atoms with Crippen LogP contribution in [-0.4, -0.2) is 51.7 Å². The number of carbonyl (C=O) groups is 1. The quantitative estimate of drug-likeness (QED) is 0.920. The molecule has 1 aliphatic rings. The SMILES string of the molecule is O=C(O)c1nc(Br)c2cc(CN3CCOCC3)ccn12. The fourth-order valence-electron chi connectivity index (χ4n) is 2.36. The predicted molar refractivity (Wildman–Crippen MR) is 75.9 cm³/mol. The Kier molecular flexibility index (Phi) is 3.73. The van der Waals surface area contributed by atoms with Gasteiger partial charge in [-0.25, -0.2) is 9.78 Å². The van der Waals surface area contributed by atoms with Crippen LogP contribution in [0.3, 0.4) is 0 Å². The second kappa shape index (κ2) is 5.51. The third-order valence-electron chi connectivity index (χ3n) is 3.36. The molecule has 0 spiro atoms. The highest BCUT2D eigenvalue weighted by atomic mass is 79.9. The highest BCUT2D eigenvalue weighted by Crippen LogP contribution is 2.21. The van der Waals surface area contributed by atoms with Gasteiger partial charge in [-0.05, 0) is 33.6 Å². The lowest BCUT2D eigenvalue weighted by atomic mass is 10.2. The Morgan fingerprint density at radius 1 is 1.45 bits per heavy atom. The van der Waals surface area contributed by atoms with Crippen molar-refractivity contribution in [1.29, 1.82) is 0 Å². The Morgan fingerprint density at radius 2 is 2.20 bits per heavy atom. The minimum Gasteiger partial charge on any atom is -0.475 e. The van der Waals surface area contributed by atoms with E-state index in [4.69, 9.17) is 9.84 Å². The number of ether oxygens (including phenoxy) is 1. The number of aromatic nitrogens is 2. The molecule has 0 atom stereocenters. The molecule has 106 valence electrons. The largest absolute Gasteiger partial charge is 0.475 e. The molecular formula is C13H14BrN3O3. The third-order valence-corrected chi connectivity index (χ3v) is 3.95. The molecule has 20 heavy (non-hydrogen) atoms. The second-order valence-electron chi connectivity index (χ2n) is 4.71. The summed E-state index contributed by atoms with van der Waals surface area (Å²) >= 11 is 3.32. The van der Waals surface area contributed by atoms with Crippen molar-refractivity contribution >= 4 is 27.4 Å². The molecule has 6 nitrogen and oxygen atoms in total. The van der Waals surface area contributed by atoms with Crippen LogP contribution in [0.15, 0.2) is 22.9 Å². The number of carboxylic acid groups (broad SMARTS) is 1. The summed E-state index contributed by atoms with van der Waals surface area (Å²) < 4.78 is 7.46. The van der Waals surface area contributed by atoms with Gasteiger partial charge in [-0.15, -0.1) is 0 Å². The van der Waals surface area contributed by atoms with Gasteiger partial charge in [0, 0.05) is 25.8 Å². The maximum absolute atomic E-state index is 11.1. The van der Waals surface area contributed by atoms with E-state index in [-0.39, 0.29) is 5.82 Å². The smallest absolute Gasteiger partial charge is 0.372 e. The van der Waals surface area contributed by atoms with E-state index >= 15 is 0 Å². The zero-order chi connectivity index (χ0) is 14.1. The average molecular weight is 340 g/mol. The van der Waals surface area contributed by atoms with E-state index in [1.165, 1.54) is 0 Å². The van der Waals surface area contributed by atoms with Gasteiger partial charge >= 0.3 is 5.97 Å². The molecule has 2 aromatic rings. The van der Waals surface area contributed by atoms with E-state index in [2.05, 4.69) is 25.8 Å². The van der Waals surface area contributed by atoms with Crippen molar-refractivity contribution in [3.05, 3.63) is 34.3 Å². The number of imidazole rings is 1. The van der Waals surface area contributed by atoms with Crippen LogP contribution in [0.5, 0.6) is 0 Å². The molecule has 2 aromatic heterocycles. The van der Waals surface area contributed by atoms with Gasteiger partial charge in [-0.3, -0.25) is 9.30 Å². The number of pyridine rings is 1. The van der Waals surface area contributed by atoms with Crippen molar-refractivity contribution < 1.29 is 14.6 Å². The average Bonchev–Trinajstić information content (AvgIpc) is 2.77. The van der Waals surface area contributed by atoms with Crippen LogP contribution in [0, 0.1) is 0 Å². The molecule has 1 N–H and O–H groups in total. The first kappa shape index (κ1) is 13.5. The van der Waals surface area contributed by atoms with Crippen molar-refractivity contribution in [2.75, 3.05) is 26.3 Å². The summed E-state index contributed by atoms with van der Waals surface area (Å²) in [5.41, 5.74) is 1.91. The number of rotatable bonds is 3. The molecule has 0 amide bonds. The fraction of sp³-hybridized carbons (Fsp3) is 0.385. The predicted octanol–water partition coefficient (Wildman–Crippen LogP) is 1.63. The first-order valence-corrected chi connectivity index (χ1v) is 7.14. The number of carboxylic acids is 1. The summed E-state index contributed by atoms with van der Waals surface area (Å²) in [6, 6.07) is 3.90. The number of hydrogen-bond donors (Lipinski definition) is 1. The maximum atomic E-state index is 11.1. The van der Waals surface area contributed by atoms with Gasteiger partial charge < -0.3 is 9.84 Å². The van der Waals surface area contributed by atoms with Crippen LogP contribution >= 0.6 is 15.9 Å². The lowest BCUT2D eigenvalue weighted by Gasteiger charge is -2.26. The van der Waals surface area contributed by atoms with Crippen molar-refractivity contribution in [3.8, 4) is 0 Å². The molecule has 3 rings (SSSR count). The molecular weight excluding hydrogens is 326 g/mol. The van der Waals surface area contributed by atoms with Gasteiger partial charge in [0.1, 0.15) is 4.60 Å². The van der Waals surface area contributed by atoms with Crippen molar-refractivity contribution in [2.45, 2.75) is 6.54 Å². The summed E-state index contributed by atoms with van der Waals surface area (Å²) in [7, 11) is 0. The van der Waals surface area contributed by atoms with Gasteiger partial charge in [0.05, 0.1) is 18.7 Å². The highest BCUT2D eigenvalue weighted by Gasteiger charge is 2.16. The summed E-state index contributed by atoms with van der Waals surface area (Å²) in [4.78, 5) is 17.4. The molecule has 0 radical (unpaired) electrons. The molecule has 1 saturated heterocycles. The molecule has 0 aliphatic carbocycles. The van der Waals surface area contributed by atoms with E-state index in [1.807, 2.05) is 12.1 Å². The molecule has 1 fully saturated rings. The van der Waals surface area contributed by atoms with Gasteiger partial charge in [-0.2, -0.15) is 0 Å². The van der Waals surface area contributed by atoms with E-state index in [1.54, 1.807) is 10.6 Å². The normalized spacial score (nSPS) is 16.6. The topological polar surface area (TPSA) is 67.1 Å². The highest BCUT2D eigenvalue weighted by molar-refractivity contribution is 9.10. The third kappa shape index (κ3) is 2.56. The first-order valence-electron chi connectivity index (χ1n) is 6.35. The number of fused-ring (bicyclic) bond motifs is 1.